The highest BCUT2D eigenvalue weighted by molar-refractivity contribution is 7.87. The number of methoxy groups -OCH3 is 1. The smallest absolute Gasteiger partial charge is 0.279 e. The first-order valence-electron chi connectivity index (χ1n) is 7.40. The molecule has 0 saturated carbocycles. The van der Waals surface area contributed by atoms with Crippen LogP contribution in [-0.4, -0.2) is 49.0 Å². The maximum atomic E-state index is 13.6. The quantitative estimate of drug-likeness (QED) is 0.853. The lowest BCUT2D eigenvalue weighted by Gasteiger charge is -2.30. The molecule has 1 saturated heterocycles. The second-order valence-corrected chi connectivity index (χ2v) is 7.23. The molecule has 2 N–H and O–H groups in total. The van der Waals surface area contributed by atoms with Crippen molar-refractivity contribution < 1.29 is 17.5 Å². The summed E-state index contributed by atoms with van der Waals surface area (Å²) in [4.78, 5) is 7.00. The molecule has 2 heterocycles. The number of H-pyrrole nitrogens is 1. The number of nitrogens with one attached hydrogen (secondary N) is 2. The Morgan fingerprint density at radius 2 is 2.17 bits per heavy atom. The minimum Gasteiger partial charge on any atom is -0.381 e. The average Bonchev–Trinajstić information content (AvgIpc) is 2.98. The molecule has 23 heavy (non-hydrogen) atoms. The summed E-state index contributed by atoms with van der Waals surface area (Å²) < 4.78 is 47.3. The molecule has 0 unspecified atom stereocenters. The van der Waals surface area contributed by atoms with E-state index in [1.54, 1.807) is 19.2 Å². The van der Waals surface area contributed by atoms with Crippen molar-refractivity contribution in [2.24, 2.45) is 0 Å². The molecule has 0 aliphatic carbocycles. The number of aromatic nitrogens is 2. The predicted octanol–water partition coefficient (Wildman–Crippen LogP) is 1.15. The molecule has 0 radical (unpaired) electrons. The van der Waals surface area contributed by atoms with Gasteiger partial charge in [0, 0.05) is 20.2 Å². The van der Waals surface area contributed by atoms with Crippen molar-refractivity contribution in [1.82, 2.24) is 19.0 Å². The number of rotatable bonds is 5. The third kappa shape index (κ3) is 3.52. The highest BCUT2D eigenvalue weighted by atomic mass is 32.2. The Kier molecular flexibility index (Phi) is 4.62. The molecule has 1 fully saturated rings. The Balaban J connectivity index is 1.65. The number of benzene rings is 1. The molecule has 126 valence electrons. The zero-order chi connectivity index (χ0) is 16.4. The molecule has 1 aromatic carbocycles. The third-order valence-corrected chi connectivity index (χ3v) is 5.56. The number of fused-ring (bicyclic) bond motifs is 1. The van der Waals surface area contributed by atoms with E-state index in [0.717, 1.165) is 0 Å². The van der Waals surface area contributed by atoms with Crippen LogP contribution >= 0.6 is 0 Å². The fourth-order valence-electron chi connectivity index (χ4n) is 2.69. The second kappa shape index (κ2) is 6.52. The summed E-state index contributed by atoms with van der Waals surface area (Å²) in [6, 6.07) is 4.58. The van der Waals surface area contributed by atoms with Gasteiger partial charge in [-0.05, 0) is 25.0 Å². The maximum Gasteiger partial charge on any atom is 0.279 e. The van der Waals surface area contributed by atoms with Crippen molar-refractivity contribution in [3.8, 4) is 0 Å². The van der Waals surface area contributed by atoms with Crippen LogP contribution in [0.5, 0.6) is 0 Å². The predicted molar refractivity (Wildman–Crippen MR) is 83.4 cm³/mol. The van der Waals surface area contributed by atoms with Gasteiger partial charge in [0.15, 0.2) is 5.82 Å². The number of nitrogens with zero attached hydrogens (tertiary/aromatic N) is 2. The van der Waals surface area contributed by atoms with Gasteiger partial charge in [-0.1, -0.05) is 6.07 Å². The lowest BCUT2D eigenvalue weighted by atomic mass is 10.1. The molecule has 0 amide bonds. The minimum atomic E-state index is -3.59. The molecule has 3 rings (SSSR count). The highest BCUT2D eigenvalue weighted by Gasteiger charge is 2.27. The van der Waals surface area contributed by atoms with Crippen LogP contribution in [0.15, 0.2) is 18.2 Å². The normalized spacial score (nSPS) is 17.8. The van der Waals surface area contributed by atoms with E-state index in [4.69, 9.17) is 4.74 Å². The summed E-state index contributed by atoms with van der Waals surface area (Å²) >= 11 is 0. The van der Waals surface area contributed by atoms with Crippen molar-refractivity contribution in [3.63, 3.8) is 0 Å². The molecule has 1 aliphatic rings. The molecule has 0 spiro atoms. The fraction of sp³-hybridized carbons (Fsp3) is 0.500. The molecule has 9 heteroatoms. The van der Waals surface area contributed by atoms with Crippen molar-refractivity contribution >= 4 is 21.2 Å². The highest BCUT2D eigenvalue weighted by Crippen LogP contribution is 2.17. The number of hydrogen-bond acceptors (Lipinski definition) is 4. The number of para-hydroxylation sites is 1. The largest absolute Gasteiger partial charge is 0.381 e. The van der Waals surface area contributed by atoms with E-state index in [-0.39, 0.29) is 18.2 Å². The second-order valence-electron chi connectivity index (χ2n) is 5.48. The summed E-state index contributed by atoms with van der Waals surface area (Å²) in [6.07, 6.45) is 1.46. The summed E-state index contributed by atoms with van der Waals surface area (Å²) in [7, 11) is -1.95. The summed E-state index contributed by atoms with van der Waals surface area (Å²) in [5.74, 6) is -0.0602. The minimum absolute atomic E-state index is 0.0132. The average molecular weight is 342 g/mol. The Labute approximate surface area is 134 Å². The summed E-state index contributed by atoms with van der Waals surface area (Å²) in [5.41, 5.74) is 0.753. The van der Waals surface area contributed by atoms with E-state index in [1.165, 1.54) is 10.4 Å². The van der Waals surface area contributed by atoms with Gasteiger partial charge < -0.3 is 9.72 Å². The van der Waals surface area contributed by atoms with Crippen molar-refractivity contribution in [2.75, 3.05) is 20.2 Å². The van der Waals surface area contributed by atoms with Gasteiger partial charge in [-0.2, -0.15) is 17.4 Å². The topological polar surface area (TPSA) is 87.3 Å². The standard InChI is InChI=1S/C14H19FN4O3S/c1-22-10-5-7-19(8-6-10)23(20,21)16-9-13-17-12-4-2-3-11(15)14(12)18-13/h2-4,10,16H,5-9H2,1H3,(H,17,18). The first-order chi connectivity index (χ1) is 11.0. The maximum absolute atomic E-state index is 13.6. The summed E-state index contributed by atoms with van der Waals surface area (Å²) in [6.45, 7) is 0.825. The van der Waals surface area contributed by atoms with Crippen LogP contribution in [0, 0.1) is 5.82 Å². The van der Waals surface area contributed by atoms with Crippen molar-refractivity contribution in [1.29, 1.82) is 0 Å². The molecule has 0 atom stereocenters. The van der Waals surface area contributed by atoms with E-state index in [0.29, 0.717) is 37.3 Å². The zero-order valence-electron chi connectivity index (χ0n) is 12.8. The Morgan fingerprint density at radius 1 is 1.43 bits per heavy atom. The van der Waals surface area contributed by atoms with Gasteiger partial charge >= 0.3 is 0 Å². The van der Waals surface area contributed by atoms with Gasteiger partial charge in [-0.25, -0.2) is 9.37 Å². The van der Waals surface area contributed by atoms with Crippen LogP contribution in [0.2, 0.25) is 0 Å². The number of hydrogen-bond donors (Lipinski definition) is 2. The molecule has 1 aliphatic heterocycles. The van der Waals surface area contributed by atoms with Crippen LogP contribution in [-0.2, 0) is 21.5 Å². The molecular formula is C14H19FN4O3S. The first kappa shape index (κ1) is 16.3. The Bertz CT molecular complexity index is 784. The monoisotopic (exact) mass is 342 g/mol. The SMILES string of the molecule is COC1CCN(S(=O)(=O)NCc2nc3c(F)cccc3[nH]2)CC1. The molecule has 7 nitrogen and oxygen atoms in total. The van der Waals surface area contributed by atoms with Crippen LogP contribution in [0.25, 0.3) is 11.0 Å². The molecule has 2 aromatic rings. The van der Waals surface area contributed by atoms with Gasteiger partial charge in [-0.3, -0.25) is 0 Å². The Morgan fingerprint density at radius 3 is 2.83 bits per heavy atom. The van der Waals surface area contributed by atoms with E-state index in [1.807, 2.05) is 0 Å². The number of piperidine rings is 1. The number of aromatic amines is 1. The molecule has 0 bridgehead atoms. The van der Waals surface area contributed by atoms with Gasteiger partial charge in [0.1, 0.15) is 11.3 Å². The van der Waals surface area contributed by atoms with E-state index >= 15 is 0 Å². The lowest BCUT2D eigenvalue weighted by molar-refractivity contribution is 0.0602. The number of halogens is 1. The van der Waals surface area contributed by atoms with Gasteiger partial charge in [0.2, 0.25) is 0 Å². The molecular weight excluding hydrogens is 323 g/mol. The van der Waals surface area contributed by atoms with Crippen LogP contribution in [0.4, 0.5) is 4.39 Å². The first-order valence-corrected chi connectivity index (χ1v) is 8.84. The van der Waals surface area contributed by atoms with E-state index < -0.39 is 16.0 Å². The van der Waals surface area contributed by atoms with Crippen LogP contribution < -0.4 is 4.72 Å². The van der Waals surface area contributed by atoms with Crippen LogP contribution in [0.1, 0.15) is 18.7 Å². The van der Waals surface area contributed by atoms with Gasteiger partial charge in [0.25, 0.3) is 10.2 Å². The van der Waals surface area contributed by atoms with Gasteiger partial charge in [0.05, 0.1) is 18.2 Å². The van der Waals surface area contributed by atoms with Crippen LogP contribution in [0.3, 0.4) is 0 Å². The number of ether oxygens (including phenoxy) is 1. The zero-order valence-corrected chi connectivity index (χ0v) is 13.6. The summed E-state index contributed by atoms with van der Waals surface area (Å²) in [5, 5.41) is 0. The van der Waals surface area contributed by atoms with Crippen molar-refractivity contribution in [3.05, 3.63) is 29.8 Å². The van der Waals surface area contributed by atoms with E-state index in [9.17, 15) is 12.8 Å². The van der Waals surface area contributed by atoms with Gasteiger partial charge in [-0.15, -0.1) is 0 Å². The van der Waals surface area contributed by atoms with Crippen molar-refractivity contribution in [2.45, 2.75) is 25.5 Å². The lowest BCUT2D eigenvalue weighted by Crippen LogP contribution is -2.46. The molecule has 1 aromatic heterocycles. The fourth-order valence-corrected chi connectivity index (χ4v) is 3.88. The number of imidazole rings is 1. The third-order valence-electron chi connectivity index (χ3n) is 4.01. The Hall–Kier alpha value is -1.55. The van der Waals surface area contributed by atoms with E-state index in [2.05, 4.69) is 14.7 Å².